The van der Waals surface area contributed by atoms with Crippen molar-refractivity contribution in [2.45, 2.75) is 19.8 Å². The molecule has 7 nitrogen and oxygen atoms in total. The number of nitrogens with zero attached hydrogens (tertiary/aromatic N) is 1. The van der Waals surface area contributed by atoms with Crippen LogP contribution in [0, 0.1) is 0 Å². The molecule has 3 aromatic rings. The number of fused-ring (bicyclic) bond motifs is 1. The number of carbonyl (C=O) groups is 2. The van der Waals surface area contributed by atoms with E-state index in [1.807, 2.05) is 0 Å². The quantitative estimate of drug-likeness (QED) is 0.478. The summed E-state index contributed by atoms with van der Waals surface area (Å²) in [4.78, 5) is 40.0. The summed E-state index contributed by atoms with van der Waals surface area (Å²) in [5.41, 5.74) is 7.40. The van der Waals surface area contributed by atoms with Gasteiger partial charge in [0, 0.05) is 10.0 Å². The molecule has 0 fully saturated rings. The lowest BCUT2D eigenvalue weighted by Crippen LogP contribution is -2.42. The van der Waals surface area contributed by atoms with Crippen LogP contribution in [0.5, 0.6) is 0 Å². The minimum atomic E-state index is -0.929. The van der Waals surface area contributed by atoms with Gasteiger partial charge in [-0.1, -0.05) is 47.5 Å². The average Bonchev–Trinajstić information content (AvgIpc) is 3.17. The fourth-order valence-electron chi connectivity index (χ4n) is 3.96. The zero-order valence-corrected chi connectivity index (χ0v) is 21.7. The number of rotatable bonds is 6. The molecule has 0 aliphatic carbocycles. The van der Waals surface area contributed by atoms with Crippen molar-refractivity contribution in [1.82, 2.24) is 4.57 Å². The molecule has 0 spiro atoms. The second-order valence-corrected chi connectivity index (χ2v) is 9.65. The van der Waals surface area contributed by atoms with Crippen molar-refractivity contribution in [2.24, 2.45) is 5.73 Å². The largest absolute Gasteiger partial charge is 0.463 e. The SMILES string of the molecule is CCOC(=O)C1=C(N)n2c(s/c(=C/c3ccc(Cl)cc3)c2=O)=C(C(=O)OCC)[C@@H]1c1ccc(Cl)cc1. The summed E-state index contributed by atoms with van der Waals surface area (Å²) in [6.45, 7) is 3.52. The van der Waals surface area contributed by atoms with E-state index in [4.69, 9.17) is 38.4 Å². The molecule has 4 rings (SSSR count). The standard InChI is InChI=1S/C26H22Cl2N2O5S/c1-3-34-25(32)20-19(15-7-11-17(28)12-8-15)21(26(33)35-4-2)24-30(22(20)29)23(31)18(36-24)13-14-5-9-16(27)10-6-14/h5-13,19H,3-4,29H2,1-2H3/b18-13+/t19-/m1/s1. The van der Waals surface area contributed by atoms with E-state index in [0.717, 1.165) is 16.9 Å². The van der Waals surface area contributed by atoms with E-state index in [0.29, 0.717) is 20.1 Å². The number of aromatic nitrogens is 1. The first kappa shape index (κ1) is 25.8. The van der Waals surface area contributed by atoms with Gasteiger partial charge in [0.1, 0.15) is 10.5 Å². The fraction of sp³-hybridized carbons (Fsp3) is 0.192. The number of nitrogens with two attached hydrogens (primary N) is 1. The highest BCUT2D eigenvalue weighted by atomic mass is 35.5. The van der Waals surface area contributed by atoms with Gasteiger partial charge in [-0.05, 0) is 55.3 Å². The van der Waals surface area contributed by atoms with Crippen LogP contribution in [0.4, 0.5) is 0 Å². The highest BCUT2D eigenvalue weighted by molar-refractivity contribution is 7.07. The zero-order valence-electron chi connectivity index (χ0n) is 19.4. The zero-order chi connectivity index (χ0) is 26.0. The molecule has 1 atom stereocenters. The van der Waals surface area contributed by atoms with Crippen molar-refractivity contribution in [3.63, 3.8) is 0 Å². The van der Waals surface area contributed by atoms with Crippen molar-refractivity contribution in [3.05, 3.63) is 94.8 Å². The van der Waals surface area contributed by atoms with Gasteiger partial charge in [-0.25, -0.2) is 9.59 Å². The fourth-order valence-corrected chi connectivity index (χ4v) is 5.38. The summed E-state index contributed by atoms with van der Waals surface area (Å²) in [5.74, 6) is -2.43. The van der Waals surface area contributed by atoms with Crippen molar-refractivity contribution in [3.8, 4) is 0 Å². The van der Waals surface area contributed by atoms with Crippen LogP contribution in [0.1, 0.15) is 30.9 Å². The lowest BCUT2D eigenvalue weighted by molar-refractivity contribution is -0.138. The Labute approximate surface area is 220 Å². The van der Waals surface area contributed by atoms with Crippen LogP contribution in [0.3, 0.4) is 0 Å². The molecular weight excluding hydrogens is 523 g/mol. The van der Waals surface area contributed by atoms with Gasteiger partial charge in [0.2, 0.25) is 0 Å². The van der Waals surface area contributed by atoms with Crippen LogP contribution in [-0.4, -0.2) is 29.7 Å². The molecule has 0 saturated carbocycles. The summed E-state index contributed by atoms with van der Waals surface area (Å²) in [7, 11) is 0. The van der Waals surface area contributed by atoms with E-state index in [1.165, 1.54) is 4.57 Å². The summed E-state index contributed by atoms with van der Waals surface area (Å²) < 4.78 is 12.4. The average molecular weight is 545 g/mol. The maximum Gasteiger partial charge on any atom is 0.338 e. The molecule has 2 heterocycles. The lowest BCUT2D eigenvalue weighted by atomic mass is 9.83. The first-order valence-corrected chi connectivity index (χ1v) is 12.7. The van der Waals surface area contributed by atoms with E-state index in [9.17, 15) is 14.4 Å². The molecule has 0 saturated heterocycles. The van der Waals surface area contributed by atoms with Gasteiger partial charge in [0.25, 0.3) is 5.56 Å². The van der Waals surface area contributed by atoms with Crippen LogP contribution in [-0.2, 0) is 19.1 Å². The molecule has 10 heteroatoms. The van der Waals surface area contributed by atoms with Gasteiger partial charge in [0.15, 0.2) is 0 Å². The lowest BCUT2D eigenvalue weighted by Gasteiger charge is -2.27. The number of thiazole rings is 1. The normalized spacial score (nSPS) is 15.6. The summed E-state index contributed by atoms with van der Waals surface area (Å²) in [6, 6.07) is 13.6. The Morgan fingerprint density at radius 2 is 1.47 bits per heavy atom. The third-order valence-corrected chi connectivity index (χ3v) is 7.12. The Hall–Kier alpha value is -3.33. The molecule has 2 N–H and O–H groups in total. The van der Waals surface area contributed by atoms with Crippen molar-refractivity contribution in [2.75, 3.05) is 13.2 Å². The molecule has 1 aliphatic rings. The molecule has 36 heavy (non-hydrogen) atoms. The summed E-state index contributed by atoms with van der Waals surface area (Å²) >= 11 is 13.2. The predicted molar refractivity (Wildman–Crippen MR) is 141 cm³/mol. The molecule has 0 bridgehead atoms. The molecule has 0 amide bonds. The minimum absolute atomic E-state index is 0.0207. The minimum Gasteiger partial charge on any atom is -0.463 e. The highest BCUT2D eigenvalue weighted by Crippen LogP contribution is 2.38. The number of halogens is 2. The maximum atomic E-state index is 13.5. The first-order chi connectivity index (χ1) is 17.3. The summed E-state index contributed by atoms with van der Waals surface area (Å²) in [6.07, 6.45) is 1.67. The van der Waals surface area contributed by atoms with Crippen LogP contribution in [0.2, 0.25) is 10.0 Å². The topological polar surface area (TPSA) is 101 Å². The third kappa shape index (κ3) is 4.84. The van der Waals surface area contributed by atoms with Crippen molar-refractivity contribution < 1.29 is 19.1 Å². The van der Waals surface area contributed by atoms with E-state index in [-0.39, 0.29) is 34.8 Å². The first-order valence-electron chi connectivity index (χ1n) is 11.1. The number of benzene rings is 2. The Kier molecular flexibility index (Phi) is 7.68. The second kappa shape index (κ2) is 10.7. The number of hydrogen-bond acceptors (Lipinski definition) is 7. The Morgan fingerprint density at radius 3 is 2.03 bits per heavy atom. The number of carbonyl (C=O) groups excluding carboxylic acids is 2. The molecule has 1 aromatic heterocycles. The second-order valence-electron chi connectivity index (χ2n) is 7.75. The maximum absolute atomic E-state index is 13.5. The molecule has 2 aromatic carbocycles. The molecule has 1 aliphatic heterocycles. The van der Waals surface area contributed by atoms with Gasteiger partial charge in [0.05, 0.1) is 34.8 Å². The van der Waals surface area contributed by atoms with Gasteiger partial charge in [-0.15, -0.1) is 11.3 Å². The van der Waals surface area contributed by atoms with Crippen LogP contribution >= 0.6 is 34.5 Å². The van der Waals surface area contributed by atoms with E-state index in [2.05, 4.69) is 0 Å². The Bertz CT molecular complexity index is 1540. The van der Waals surface area contributed by atoms with Gasteiger partial charge >= 0.3 is 11.9 Å². The van der Waals surface area contributed by atoms with E-state index >= 15 is 0 Å². The molecular formula is C26H22Cl2N2O5S. The van der Waals surface area contributed by atoms with Crippen molar-refractivity contribution in [1.29, 1.82) is 0 Å². The highest BCUT2D eigenvalue weighted by Gasteiger charge is 2.39. The predicted octanol–water partition coefficient (Wildman–Crippen LogP) is 3.25. The summed E-state index contributed by atoms with van der Waals surface area (Å²) in [5, 5.41) is 1.04. The number of esters is 2. The Balaban J connectivity index is 2.10. The molecule has 0 unspecified atom stereocenters. The van der Waals surface area contributed by atoms with Crippen LogP contribution in [0.25, 0.3) is 17.5 Å². The van der Waals surface area contributed by atoms with Crippen molar-refractivity contribution >= 4 is 63.9 Å². The van der Waals surface area contributed by atoms with E-state index in [1.54, 1.807) is 68.5 Å². The van der Waals surface area contributed by atoms with Crippen LogP contribution in [0.15, 0.2) is 58.9 Å². The molecule has 186 valence electrons. The van der Waals surface area contributed by atoms with Gasteiger partial charge in [-0.2, -0.15) is 0 Å². The smallest absolute Gasteiger partial charge is 0.338 e. The number of hydrogen-bond donors (Lipinski definition) is 1. The third-order valence-electron chi connectivity index (χ3n) is 5.51. The molecule has 0 radical (unpaired) electrons. The monoisotopic (exact) mass is 544 g/mol. The Morgan fingerprint density at radius 1 is 0.944 bits per heavy atom. The van der Waals surface area contributed by atoms with Gasteiger partial charge in [-0.3, -0.25) is 9.36 Å². The van der Waals surface area contributed by atoms with Gasteiger partial charge < -0.3 is 15.2 Å². The van der Waals surface area contributed by atoms with Crippen LogP contribution < -0.4 is 20.5 Å². The number of ether oxygens (including phenoxy) is 2. The van der Waals surface area contributed by atoms with E-state index < -0.39 is 23.4 Å².